The molecule has 0 radical (unpaired) electrons. The molecule has 35 heavy (non-hydrogen) atoms. The molecule has 186 valence electrons. The van der Waals surface area contributed by atoms with Crippen molar-refractivity contribution < 1.29 is 13.2 Å². The number of aryl methyl sites for hydroxylation is 3. The Morgan fingerprint density at radius 1 is 0.971 bits per heavy atom. The predicted octanol–water partition coefficient (Wildman–Crippen LogP) is 5.12. The molecule has 3 aromatic rings. The average molecular weight is 495 g/mol. The monoisotopic (exact) mass is 494 g/mol. The number of sulfonamides is 1. The Bertz CT molecular complexity index is 1360. The van der Waals surface area contributed by atoms with Crippen LogP contribution in [-0.4, -0.2) is 41.3 Å². The number of carbonyl (C=O) groups is 1. The number of carbonyl (C=O) groups excluding carboxylic acids is 1. The topological polar surface area (TPSA) is 84.3 Å². The molecule has 2 heterocycles. The summed E-state index contributed by atoms with van der Waals surface area (Å²) in [5.74, 6) is 0.704. The quantitative estimate of drug-likeness (QED) is 0.534. The minimum atomic E-state index is -3.64. The molecule has 0 spiro atoms. The van der Waals surface area contributed by atoms with Gasteiger partial charge in [-0.2, -0.15) is 4.31 Å². The van der Waals surface area contributed by atoms with Crippen molar-refractivity contribution in [1.82, 2.24) is 13.9 Å². The average Bonchev–Trinajstić information content (AvgIpc) is 3.47. The van der Waals surface area contributed by atoms with Crippen LogP contribution in [0.2, 0.25) is 0 Å². The van der Waals surface area contributed by atoms with Gasteiger partial charge in [0.05, 0.1) is 15.9 Å². The molecule has 1 N–H and O–H groups in total. The first kappa shape index (κ1) is 24.0. The fourth-order valence-electron chi connectivity index (χ4n) is 5.60. The number of benzene rings is 2. The molecule has 1 amide bonds. The van der Waals surface area contributed by atoms with Crippen molar-refractivity contribution in [2.45, 2.75) is 70.2 Å². The fraction of sp³-hybridized carbons (Fsp3) is 0.481. The van der Waals surface area contributed by atoms with E-state index in [9.17, 15) is 13.2 Å². The van der Waals surface area contributed by atoms with Crippen LogP contribution in [0.5, 0.6) is 0 Å². The Balaban J connectivity index is 1.28. The van der Waals surface area contributed by atoms with Crippen molar-refractivity contribution in [1.29, 1.82) is 0 Å². The van der Waals surface area contributed by atoms with Crippen molar-refractivity contribution >= 4 is 32.7 Å². The molecule has 8 heteroatoms. The molecule has 1 saturated carbocycles. The van der Waals surface area contributed by atoms with E-state index in [2.05, 4.69) is 9.88 Å². The van der Waals surface area contributed by atoms with E-state index in [0.29, 0.717) is 32.0 Å². The van der Waals surface area contributed by atoms with E-state index < -0.39 is 10.0 Å². The van der Waals surface area contributed by atoms with Gasteiger partial charge in [-0.05, 0) is 81.8 Å². The second kappa shape index (κ2) is 9.39. The van der Waals surface area contributed by atoms with Crippen LogP contribution in [0.4, 0.5) is 5.69 Å². The summed E-state index contributed by atoms with van der Waals surface area (Å²) >= 11 is 0. The maximum atomic E-state index is 13.4. The summed E-state index contributed by atoms with van der Waals surface area (Å²) in [6.45, 7) is 6.64. The summed E-state index contributed by atoms with van der Waals surface area (Å²) in [5.41, 5.74) is 4.68. The summed E-state index contributed by atoms with van der Waals surface area (Å²) < 4.78 is 30.6. The van der Waals surface area contributed by atoms with Crippen LogP contribution in [0, 0.1) is 26.7 Å². The molecule has 0 atom stereocenters. The van der Waals surface area contributed by atoms with Gasteiger partial charge in [-0.3, -0.25) is 4.79 Å². The minimum absolute atomic E-state index is 0.0369. The molecule has 0 bridgehead atoms. The Morgan fingerprint density at radius 2 is 1.69 bits per heavy atom. The van der Waals surface area contributed by atoms with E-state index in [-0.39, 0.29) is 16.7 Å². The van der Waals surface area contributed by atoms with Gasteiger partial charge in [0.25, 0.3) is 0 Å². The van der Waals surface area contributed by atoms with E-state index in [1.165, 1.54) is 17.1 Å². The van der Waals surface area contributed by atoms with E-state index in [1.54, 1.807) is 12.1 Å². The Hall–Kier alpha value is -2.71. The maximum Gasteiger partial charge on any atom is 0.243 e. The lowest BCUT2D eigenvalue weighted by atomic mass is 9.97. The molecule has 1 saturated heterocycles. The molecule has 2 fully saturated rings. The summed E-state index contributed by atoms with van der Waals surface area (Å²) in [6, 6.07) is 11.8. The van der Waals surface area contributed by atoms with E-state index in [0.717, 1.165) is 46.5 Å². The van der Waals surface area contributed by atoms with Crippen LogP contribution >= 0.6 is 0 Å². The van der Waals surface area contributed by atoms with Crippen LogP contribution < -0.4 is 5.32 Å². The lowest BCUT2D eigenvalue weighted by molar-refractivity contribution is -0.120. The van der Waals surface area contributed by atoms with Gasteiger partial charge in [0.1, 0.15) is 5.82 Å². The zero-order chi connectivity index (χ0) is 24.7. The van der Waals surface area contributed by atoms with E-state index >= 15 is 0 Å². The maximum absolute atomic E-state index is 13.4. The van der Waals surface area contributed by atoms with Gasteiger partial charge in [-0.15, -0.1) is 0 Å². The number of rotatable bonds is 5. The standard InChI is InChI=1S/C27H34N4O3S/c1-18-8-9-19(2)24(16-18)29-27(32)21-12-14-30(15-13-21)35(33,34)23-10-11-26-25(17-23)28-20(3)31(26)22-6-4-5-7-22/h8-11,16-17,21-22H,4-7,12-15H2,1-3H3,(H,29,32). The van der Waals surface area contributed by atoms with Crippen LogP contribution in [0.15, 0.2) is 41.3 Å². The second-order valence-corrected chi connectivity index (χ2v) is 12.0. The molecule has 5 rings (SSSR count). The molecular weight excluding hydrogens is 460 g/mol. The zero-order valence-electron chi connectivity index (χ0n) is 20.8. The normalized spacial score (nSPS) is 18.4. The van der Waals surface area contributed by atoms with Gasteiger partial charge in [0.2, 0.25) is 15.9 Å². The molecule has 2 aliphatic rings. The minimum Gasteiger partial charge on any atom is -0.326 e. The number of imidazole rings is 1. The van der Waals surface area contributed by atoms with Gasteiger partial charge < -0.3 is 9.88 Å². The van der Waals surface area contributed by atoms with E-state index in [1.807, 2.05) is 45.0 Å². The Labute approximate surface area is 207 Å². The number of nitrogens with zero attached hydrogens (tertiary/aromatic N) is 3. The second-order valence-electron chi connectivity index (χ2n) is 10.1. The van der Waals surface area contributed by atoms with Gasteiger partial charge in [-0.25, -0.2) is 13.4 Å². The first-order valence-electron chi connectivity index (χ1n) is 12.6. The number of anilines is 1. The predicted molar refractivity (Wildman–Crippen MR) is 138 cm³/mol. The molecule has 1 aliphatic carbocycles. The number of amides is 1. The third-order valence-electron chi connectivity index (χ3n) is 7.64. The van der Waals surface area contributed by atoms with Crippen LogP contribution in [-0.2, 0) is 14.8 Å². The number of aromatic nitrogens is 2. The number of nitrogens with one attached hydrogen (secondary N) is 1. The van der Waals surface area contributed by atoms with Crippen molar-refractivity contribution in [3.63, 3.8) is 0 Å². The number of hydrogen-bond acceptors (Lipinski definition) is 4. The van der Waals surface area contributed by atoms with Crippen LogP contribution in [0.1, 0.15) is 61.5 Å². The van der Waals surface area contributed by atoms with Gasteiger partial charge in [0, 0.05) is 30.7 Å². The molecule has 7 nitrogen and oxygen atoms in total. The SMILES string of the molecule is Cc1ccc(C)c(NC(=O)C2CCN(S(=O)(=O)c3ccc4c(c3)nc(C)n4C3CCCC3)CC2)c1. The summed E-state index contributed by atoms with van der Waals surface area (Å²) in [5, 5.41) is 3.04. The lowest BCUT2D eigenvalue weighted by Crippen LogP contribution is -2.41. The van der Waals surface area contributed by atoms with Crippen molar-refractivity contribution in [2.75, 3.05) is 18.4 Å². The van der Waals surface area contributed by atoms with Gasteiger partial charge >= 0.3 is 0 Å². The lowest BCUT2D eigenvalue weighted by Gasteiger charge is -2.30. The molecule has 0 unspecified atom stereocenters. The Morgan fingerprint density at radius 3 is 2.40 bits per heavy atom. The first-order valence-corrected chi connectivity index (χ1v) is 14.0. The Kier molecular flexibility index (Phi) is 6.44. The third kappa shape index (κ3) is 4.61. The number of piperidine rings is 1. The largest absolute Gasteiger partial charge is 0.326 e. The van der Waals surface area contributed by atoms with Gasteiger partial charge in [0.15, 0.2) is 0 Å². The molecule has 1 aliphatic heterocycles. The van der Waals surface area contributed by atoms with Crippen LogP contribution in [0.25, 0.3) is 11.0 Å². The number of fused-ring (bicyclic) bond motifs is 1. The van der Waals surface area contributed by atoms with E-state index in [4.69, 9.17) is 4.98 Å². The third-order valence-corrected chi connectivity index (χ3v) is 9.54. The number of hydrogen-bond donors (Lipinski definition) is 1. The zero-order valence-corrected chi connectivity index (χ0v) is 21.6. The van der Waals surface area contributed by atoms with Crippen molar-refractivity contribution in [2.24, 2.45) is 5.92 Å². The van der Waals surface area contributed by atoms with Crippen molar-refractivity contribution in [3.8, 4) is 0 Å². The fourth-order valence-corrected chi connectivity index (χ4v) is 7.09. The summed E-state index contributed by atoms with van der Waals surface area (Å²) in [6.07, 6.45) is 5.78. The highest BCUT2D eigenvalue weighted by Crippen LogP contribution is 2.34. The molecule has 1 aromatic heterocycles. The van der Waals surface area contributed by atoms with Crippen LogP contribution in [0.3, 0.4) is 0 Å². The highest BCUT2D eigenvalue weighted by molar-refractivity contribution is 7.89. The highest BCUT2D eigenvalue weighted by atomic mass is 32.2. The van der Waals surface area contributed by atoms with Crippen molar-refractivity contribution in [3.05, 3.63) is 53.3 Å². The van der Waals surface area contributed by atoms with Gasteiger partial charge in [-0.1, -0.05) is 25.0 Å². The highest BCUT2D eigenvalue weighted by Gasteiger charge is 2.33. The summed E-state index contributed by atoms with van der Waals surface area (Å²) in [4.78, 5) is 17.8. The first-order chi connectivity index (χ1) is 16.7. The molecule has 2 aromatic carbocycles. The molecular formula is C27H34N4O3S. The summed E-state index contributed by atoms with van der Waals surface area (Å²) in [7, 11) is -3.64. The smallest absolute Gasteiger partial charge is 0.243 e.